The van der Waals surface area contributed by atoms with Crippen LogP contribution in [0.5, 0.6) is 0 Å². The smallest absolute Gasteiger partial charge is 0.258 e. The number of hydrogen-bond donors (Lipinski definition) is 0. The molecule has 128 valence electrons. The standard InChI is InChI=1S/C21H16BrN3O/c22-17-8-6-7-16(13-17)21(26)25(18-9-2-1-3-10-18)15-19-14-23-20-11-4-5-12-24(19)20/h1-14H,15H2. The molecule has 0 fully saturated rings. The van der Waals surface area contributed by atoms with E-state index in [1.807, 2.05) is 89.6 Å². The molecule has 0 spiro atoms. The van der Waals surface area contributed by atoms with E-state index in [0.717, 1.165) is 21.5 Å². The molecule has 0 atom stereocenters. The molecule has 4 nitrogen and oxygen atoms in total. The van der Waals surface area contributed by atoms with Crippen molar-refractivity contribution in [3.05, 3.63) is 101 Å². The second kappa shape index (κ2) is 7.14. The zero-order chi connectivity index (χ0) is 17.9. The summed E-state index contributed by atoms with van der Waals surface area (Å²) in [5.74, 6) is -0.0524. The Morgan fingerprint density at radius 3 is 2.62 bits per heavy atom. The Balaban J connectivity index is 1.75. The molecule has 0 saturated heterocycles. The van der Waals surface area contributed by atoms with Crippen LogP contribution in [0.4, 0.5) is 5.69 Å². The van der Waals surface area contributed by atoms with Crippen LogP contribution in [0.25, 0.3) is 5.65 Å². The number of rotatable bonds is 4. The summed E-state index contributed by atoms with van der Waals surface area (Å²) >= 11 is 3.44. The fraction of sp³-hybridized carbons (Fsp3) is 0.0476. The molecule has 0 radical (unpaired) electrons. The van der Waals surface area contributed by atoms with Gasteiger partial charge in [0.05, 0.1) is 18.4 Å². The number of imidazole rings is 1. The summed E-state index contributed by atoms with van der Waals surface area (Å²) in [4.78, 5) is 19.4. The first kappa shape index (κ1) is 16.5. The molecule has 26 heavy (non-hydrogen) atoms. The van der Waals surface area contributed by atoms with Gasteiger partial charge in [0.25, 0.3) is 5.91 Å². The predicted molar refractivity (Wildman–Crippen MR) is 106 cm³/mol. The molecule has 0 aliphatic heterocycles. The van der Waals surface area contributed by atoms with Crippen molar-refractivity contribution in [2.45, 2.75) is 6.54 Å². The van der Waals surface area contributed by atoms with E-state index in [0.29, 0.717) is 12.1 Å². The van der Waals surface area contributed by atoms with Crippen LogP contribution in [0.15, 0.2) is 89.7 Å². The van der Waals surface area contributed by atoms with Gasteiger partial charge in [0.1, 0.15) is 5.65 Å². The maximum Gasteiger partial charge on any atom is 0.258 e. The summed E-state index contributed by atoms with van der Waals surface area (Å²) in [5, 5.41) is 0. The number of anilines is 1. The molecule has 2 aromatic carbocycles. The Kier molecular flexibility index (Phi) is 4.54. The van der Waals surface area contributed by atoms with Crippen LogP contribution >= 0.6 is 15.9 Å². The number of aromatic nitrogens is 2. The number of fused-ring (bicyclic) bond motifs is 1. The number of para-hydroxylation sites is 1. The van der Waals surface area contributed by atoms with Crippen LogP contribution in [0.3, 0.4) is 0 Å². The average Bonchev–Trinajstić information content (AvgIpc) is 3.09. The van der Waals surface area contributed by atoms with Gasteiger partial charge in [-0.15, -0.1) is 0 Å². The lowest BCUT2D eigenvalue weighted by Crippen LogP contribution is -2.30. The van der Waals surface area contributed by atoms with E-state index in [9.17, 15) is 4.79 Å². The molecular formula is C21H16BrN3O. The summed E-state index contributed by atoms with van der Waals surface area (Å²) < 4.78 is 2.88. The Labute approximate surface area is 159 Å². The molecule has 1 amide bonds. The molecule has 4 rings (SSSR count). The third kappa shape index (κ3) is 3.26. The highest BCUT2D eigenvalue weighted by Crippen LogP contribution is 2.22. The minimum Gasteiger partial charge on any atom is -0.302 e. The van der Waals surface area contributed by atoms with Gasteiger partial charge in [-0.05, 0) is 42.5 Å². The van der Waals surface area contributed by atoms with Crippen molar-refractivity contribution >= 4 is 33.2 Å². The molecule has 2 aromatic heterocycles. The minimum absolute atomic E-state index is 0.0524. The van der Waals surface area contributed by atoms with Crippen LogP contribution in [0, 0.1) is 0 Å². The van der Waals surface area contributed by atoms with Crippen molar-refractivity contribution in [1.82, 2.24) is 9.38 Å². The van der Waals surface area contributed by atoms with Gasteiger partial charge in [-0.1, -0.05) is 46.3 Å². The Hall–Kier alpha value is -2.92. The lowest BCUT2D eigenvalue weighted by molar-refractivity contribution is 0.0984. The first-order chi connectivity index (χ1) is 12.7. The van der Waals surface area contributed by atoms with E-state index in [2.05, 4.69) is 20.9 Å². The maximum absolute atomic E-state index is 13.2. The average molecular weight is 406 g/mol. The molecule has 0 unspecified atom stereocenters. The van der Waals surface area contributed by atoms with Gasteiger partial charge < -0.3 is 9.30 Å². The van der Waals surface area contributed by atoms with Crippen molar-refractivity contribution < 1.29 is 4.79 Å². The van der Waals surface area contributed by atoms with E-state index in [-0.39, 0.29) is 5.91 Å². The predicted octanol–water partition coefficient (Wildman–Crippen LogP) is 4.94. The number of amides is 1. The SMILES string of the molecule is O=C(c1cccc(Br)c1)N(Cc1cnc2ccccn12)c1ccccc1. The molecule has 0 aliphatic rings. The van der Waals surface area contributed by atoms with Crippen molar-refractivity contribution in [2.75, 3.05) is 4.90 Å². The molecule has 0 aliphatic carbocycles. The summed E-state index contributed by atoms with van der Waals surface area (Å²) in [6, 6.07) is 23.0. The Morgan fingerprint density at radius 2 is 1.81 bits per heavy atom. The van der Waals surface area contributed by atoms with Gasteiger partial charge in [0, 0.05) is 21.9 Å². The fourth-order valence-electron chi connectivity index (χ4n) is 2.93. The van der Waals surface area contributed by atoms with E-state index in [1.54, 1.807) is 4.90 Å². The monoisotopic (exact) mass is 405 g/mol. The largest absolute Gasteiger partial charge is 0.302 e. The topological polar surface area (TPSA) is 37.6 Å². The van der Waals surface area contributed by atoms with E-state index < -0.39 is 0 Å². The fourth-order valence-corrected chi connectivity index (χ4v) is 3.33. The van der Waals surface area contributed by atoms with Gasteiger partial charge in [0.2, 0.25) is 0 Å². The van der Waals surface area contributed by atoms with E-state index in [4.69, 9.17) is 0 Å². The quantitative estimate of drug-likeness (QED) is 0.481. The maximum atomic E-state index is 13.2. The highest BCUT2D eigenvalue weighted by atomic mass is 79.9. The van der Waals surface area contributed by atoms with Crippen LogP contribution in [-0.4, -0.2) is 15.3 Å². The molecule has 4 aromatic rings. The van der Waals surface area contributed by atoms with Crippen molar-refractivity contribution in [3.63, 3.8) is 0 Å². The first-order valence-electron chi connectivity index (χ1n) is 8.26. The summed E-state index contributed by atoms with van der Waals surface area (Å²) in [7, 11) is 0. The van der Waals surface area contributed by atoms with Crippen LogP contribution < -0.4 is 4.90 Å². The number of pyridine rings is 1. The van der Waals surface area contributed by atoms with Crippen molar-refractivity contribution in [3.8, 4) is 0 Å². The number of nitrogens with zero attached hydrogens (tertiary/aromatic N) is 3. The van der Waals surface area contributed by atoms with E-state index in [1.165, 1.54) is 0 Å². The lowest BCUT2D eigenvalue weighted by Gasteiger charge is -2.23. The summed E-state index contributed by atoms with van der Waals surface area (Å²) in [6.45, 7) is 0.431. The van der Waals surface area contributed by atoms with Crippen LogP contribution in [-0.2, 0) is 6.54 Å². The molecule has 2 heterocycles. The van der Waals surface area contributed by atoms with Crippen LogP contribution in [0.1, 0.15) is 16.1 Å². The number of halogens is 1. The zero-order valence-electron chi connectivity index (χ0n) is 13.9. The number of carbonyl (C=O) groups is 1. The van der Waals surface area contributed by atoms with Crippen LogP contribution in [0.2, 0.25) is 0 Å². The second-order valence-corrected chi connectivity index (χ2v) is 6.83. The first-order valence-corrected chi connectivity index (χ1v) is 9.05. The third-order valence-corrected chi connectivity index (χ3v) is 4.69. The molecule has 5 heteroatoms. The summed E-state index contributed by atoms with van der Waals surface area (Å²) in [5.41, 5.74) is 3.30. The highest BCUT2D eigenvalue weighted by Gasteiger charge is 2.20. The molecule has 0 bridgehead atoms. The second-order valence-electron chi connectivity index (χ2n) is 5.92. The van der Waals surface area contributed by atoms with Gasteiger partial charge in [-0.25, -0.2) is 4.98 Å². The zero-order valence-corrected chi connectivity index (χ0v) is 15.5. The molecular weight excluding hydrogens is 390 g/mol. The van der Waals surface area contributed by atoms with Gasteiger partial charge >= 0.3 is 0 Å². The van der Waals surface area contributed by atoms with Gasteiger partial charge in [-0.3, -0.25) is 4.79 Å². The minimum atomic E-state index is -0.0524. The number of carbonyl (C=O) groups excluding carboxylic acids is 1. The molecule has 0 saturated carbocycles. The third-order valence-electron chi connectivity index (χ3n) is 4.20. The van der Waals surface area contributed by atoms with Crippen molar-refractivity contribution in [2.24, 2.45) is 0 Å². The normalized spacial score (nSPS) is 10.8. The lowest BCUT2D eigenvalue weighted by atomic mass is 10.1. The molecule has 0 N–H and O–H groups in total. The van der Waals surface area contributed by atoms with Gasteiger partial charge in [-0.2, -0.15) is 0 Å². The summed E-state index contributed by atoms with van der Waals surface area (Å²) in [6.07, 6.45) is 3.78. The van der Waals surface area contributed by atoms with E-state index >= 15 is 0 Å². The Morgan fingerprint density at radius 1 is 1.00 bits per heavy atom. The Bertz CT molecular complexity index is 1060. The van der Waals surface area contributed by atoms with Crippen molar-refractivity contribution in [1.29, 1.82) is 0 Å². The number of benzene rings is 2. The number of hydrogen-bond acceptors (Lipinski definition) is 2. The highest BCUT2D eigenvalue weighted by molar-refractivity contribution is 9.10. The van der Waals surface area contributed by atoms with Gasteiger partial charge in [0.15, 0.2) is 0 Å².